The van der Waals surface area contributed by atoms with Crippen LogP contribution in [0, 0.1) is 18.6 Å². The lowest BCUT2D eigenvalue weighted by Crippen LogP contribution is -2.21. The van der Waals surface area contributed by atoms with Crippen LogP contribution >= 0.6 is 12.4 Å². The third-order valence-electron chi connectivity index (χ3n) is 7.68. The summed E-state index contributed by atoms with van der Waals surface area (Å²) in [4.78, 5) is 27.5. The van der Waals surface area contributed by atoms with Gasteiger partial charge in [0, 0.05) is 28.9 Å². The number of hydrogen-bond donors (Lipinski definition) is 4. The Bertz CT molecular complexity index is 1820. The summed E-state index contributed by atoms with van der Waals surface area (Å²) in [5.41, 5.74) is 9.71. The molecule has 5 N–H and O–H groups in total. The predicted octanol–water partition coefficient (Wildman–Crippen LogP) is 6.56. The monoisotopic (exact) mass is 634 g/mol. The van der Waals surface area contributed by atoms with E-state index in [0.717, 1.165) is 36.8 Å². The van der Waals surface area contributed by atoms with Crippen molar-refractivity contribution in [3.63, 3.8) is 0 Å². The molecule has 236 valence electrons. The van der Waals surface area contributed by atoms with E-state index in [9.17, 15) is 18.7 Å². The molecular formula is C34H37ClF2N6O2. The van der Waals surface area contributed by atoms with Crippen LogP contribution in [-0.4, -0.2) is 51.0 Å². The molecule has 0 bridgehead atoms. The first-order valence-corrected chi connectivity index (χ1v) is 14.4. The first kappa shape index (κ1) is 33.7. The van der Waals surface area contributed by atoms with Gasteiger partial charge in [-0.3, -0.25) is 4.79 Å². The van der Waals surface area contributed by atoms with Crippen LogP contribution in [0.25, 0.3) is 33.5 Å². The summed E-state index contributed by atoms with van der Waals surface area (Å²) in [7, 11) is 2.07. The van der Waals surface area contributed by atoms with Crippen LogP contribution in [0.2, 0.25) is 0 Å². The molecule has 5 rings (SSSR count). The maximum absolute atomic E-state index is 15.0. The first-order chi connectivity index (χ1) is 20.9. The zero-order valence-electron chi connectivity index (χ0n) is 25.6. The summed E-state index contributed by atoms with van der Waals surface area (Å²) >= 11 is 0. The van der Waals surface area contributed by atoms with Gasteiger partial charge in [-0.05, 0) is 99.9 Å². The number of amides is 1. The number of rotatable bonds is 10. The molecule has 0 aliphatic carbocycles. The molecule has 0 radical (unpaired) electrons. The molecular weight excluding hydrogens is 598 g/mol. The molecule has 11 heteroatoms. The number of halogens is 3. The number of nitrogens with two attached hydrogens (primary N) is 1. The number of benzene rings is 3. The number of nitrogens with one attached hydrogen (secondary N) is 2. The summed E-state index contributed by atoms with van der Waals surface area (Å²) < 4.78 is 29.8. The average molecular weight is 635 g/mol. The SMILES string of the molecule is Cc1c(NC(=O)c2ccc(C(C)(C)O)cc2F)cc(F)cc1-c1ncnc2[nH]c(-c3ccc(CN(C)CCCN)cc3)cc12.Cl. The summed E-state index contributed by atoms with van der Waals surface area (Å²) in [5, 5.41) is 13.5. The highest BCUT2D eigenvalue weighted by Crippen LogP contribution is 2.35. The average Bonchev–Trinajstić information content (AvgIpc) is 3.42. The van der Waals surface area contributed by atoms with Gasteiger partial charge in [0.2, 0.25) is 0 Å². The predicted molar refractivity (Wildman–Crippen MR) is 176 cm³/mol. The Balaban J connectivity index is 0.00000461. The van der Waals surface area contributed by atoms with E-state index in [-0.39, 0.29) is 23.7 Å². The first-order valence-electron chi connectivity index (χ1n) is 14.4. The number of hydrogen-bond acceptors (Lipinski definition) is 6. The number of aromatic nitrogens is 3. The molecule has 2 aromatic heterocycles. The van der Waals surface area contributed by atoms with Crippen molar-refractivity contribution >= 4 is 35.0 Å². The minimum absolute atomic E-state index is 0. The maximum Gasteiger partial charge on any atom is 0.258 e. The van der Waals surface area contributed by atoms with Gasteiger partial charge in [-0.2, -0.15) is 0 Å². The highest BCUT2D eigenvalue weighted by Gasteiger charge is 2.22. The molecule has 0 aliphatic heterocycles. The molecule has 0 spiro atoms. The number of nitrogens with zero attached hydrogens (tertiary/aromatic N) is 3. The Morgan fingerprint density at radius 1 is 1.07 bits per heavy atom. The molecule has 0 fully saturated rings. The zero-order chi connectivity index (χ0) is 31.6. The molecule has 1 amide bonds. The van der Waals surface area contributed by atoms with E-state index in [4.69, 9.17) is 5.73 Å². The van der Waals surface area contributed by atoms with Gasteiger partial charge in [-0.15, -0.1) is 12.4 Å². The molecule has 8 nitrogen and oxygen atoms in total. The molecule has 0 saturated carbocycles. The maximum atomic E-state index is 15.0. The minimum atomic E-state index is -1.27. The largest absolute Gasteiger partial charge is 0.386 e. The van der Waals surface area contributed by atoms with Crippen molar-refractivity contribution in [3.8, 4) is 22.5 Å². The molecule has 45 heavy (non-hydrogen) atoms. The van der Waals surface area contributed by atoms with Crippen molar-refractivity contribution in [3.05, 3.63) is 101 Å². The Kier molecular flexibility index (Phi) is 10.3. The van der Waals surface area contributed by atoms with Crippen LogP contribution in [-0.2, 0) is 12.1 Å². The Morgan fingerprint density at radius 2 is 1.80 bits per heavy atom. The van der Waals surface area contributed by atoms with Crippen molar-refractivity contribution in [2.75, 3.05) is 25.5 Å². The third-order valence-corrected chi connectivity index (χ3v) is 7.68. The normalized spacial score (nSPS) is 11.6. The van der Waals surface area contributed by atoms with Crippen LogP contribution in [0.3, 0.4) is 0 Å². The second-order valence-corrected chi connectivity index (χ2v) is 11.6. The number of H-pyrrole nitrogens is 1. The van der Waals surface area contributed by atoms with Gasteiger partial charge in [-0.1, -0.05) is 30.3 Å². The smallest absolute Gasteiger partial charge is 0.258 e. The fraction of sp³-hybridized carbons (Fsp3) is 0.265. The molecule has 0 saturated heterocycles. The van der Waals surface area contributed by atoms with Gasteiger partial charge >= 0.3 is 0 Å². The van der Waals surface area contributed by atoms with E-state index in [1.807, 2.05) is 18.2 Å². The van der Waals surface area contributed by atoms with E-state index in [0.29, 0.717) is 40.0 Å². The number of carbonyl (C=O) groups is 1. The number of carbonyl (C=O) groups excluding carboxylic acids is 1. The summed E-state index contributed by atoms with van der Waals surface area (Å²) in [6.07, 6.45) is 2.35. The van der Waals surface area contributed by atoms with Gasteiger partial charge in [0.15, 0.2) is 0 Å². The Morgan fingerprint density at radius 3 is 2.47 bits per heavy atom. The summed E-state index contributed by atoms with van der Waals surface area (Å²) in [6.45, 7) is 7.21. The van der Waals surface area contributed by atoms with Crippen molar-refractivity contribution in [2.24, 2.45) is 5.73 Å². The fourth-order valence-corrected chi connectivity index (χ4v) is 5.18. The number of anilines is 1. The van der Waals surface area contributed by atoms with Gasteiger partial charge in [0.1, 0.15) is 23.6 Å². The molecule has 0 unspecified atom stereocenters. The van der Waals surface area contributed by atoms with E-state index in [2.05, 4.69) is 44.3 Å². The molecule has 5 aromatic rings. The van der Waals surface area contributed by atoms with Crippen LogP contribution in [0.5, 0.6) is 0 Å². The third kappa shape index (κ3) is 7.54. The van der Waals surface area contributed by atoms with E-state index >= 15 is 0 Å². The number of aliphatic hydroxyl groups is 1. The standard InChI is InChI=1S/C34H36F2N6O2.ClH/c1-20-26(15-24(35)16-29(20)41-33(43)25-11-10-23(14-28(25)36)34(2,3)44)31-27-17-30(40-32(27)39-19-38-31)22-8-6-21(7-9-22)18-42(4)13-5-12-37;/h6-11,14-17,19,44H,5,12-13,18,37H2,1-4H3,(H,41,43)(H,38,39,40);1H. The topological polar surface area (TPSA) is 120 Å². The lowest BCUT2D eigenvalue weighted by Gasteiger charge is -2.18. The van der Waals surface area contributed by atoms with Gasteiger partial charge in [0.25, 0.3) is 5.91 Å². The fourth-order valence-electron chi connectivity index (χ4n) is 5.18. The van der Waals surface area contributed by atoms with E-state index < -0.39 is 23.1 Å². The Labute approximate surface area is 267 Å². The summed E-state index contributed by atoms with van der Waals surface area (Å²) in [5.74, 6) is -2.12. The highest BCUT2D eigenvalue weighted by atomic mass is 35.5. The molecule has 0 atom stereocenters. The molecule has 2 heterocycles. The minimum Gasteiger partial charge on any atom is -0.386 e. The van der Waals surface area contributed by atoms with Crippen LogP contribution in [0.4, 0.5) is 14.5 Å². The second kappa shape index (κ2) is 13.8. The molecule has 3 aromatic carbocycles. The quantitative estimate of drug-likeness (QED) is 0.138. The van der Waals surface area contributed by atoms with Gasteiger partial charge in [0.05, 0.1) is 16.9 Å². The summed E-state index contributed by atoms with van der Waals surface area (Å²) in [6, 6.07) is 16.6. The molecule has 0 aliphatic rings. The van der Waals surface area contributed by atoms with Crippen molar-refractivity contribution in [2.45, 2.75) is 39.3 Å². The van der Waals surface area contributed by atoms with Crippen molar-refractivity contribution in [1.29, 1.82) is 0 Å². The zero-order valence-corrected chi connectivity index (χ0v) is 26.4. The lowest BCUT2D eigenvalue weighted by molar-refractivity contribution is 0.0780. The Hall–Kier alpha value is -4.22. The van der Waals surface area contributed by atoms with E-state index in [1.165, 1.54) is 50.0 Å². The second-order valence-electron chi connectivity index (χ2n) is 11.6. The van der Waals surface area contributed by atoms with Crippen LogP contribution < -0.4 is 11.1 Å². The highest BCUT2D eigenvalue weighted by molar-refractivity contribution is 6.06. The van der Waals surface area contributed by atoms with E-state index in [1.54, 1.807) is 6.92 Å². The van der Waals surface area contributed by atoms with Gasteiger partial charge < -0.3 is 26.0 Å². The van der Waals surface area contributed by atoms with Crippen LogP contribution in [0.15, 0.2) is 67.0 Å². The van der Waals surface area contributed by atoms with Gasteiger partial charge in [-0.25, -0.2) is 18.7 Å². The van der Waals surface area contributed by atoms with Crippen molar-refractivity contribution < 1.29 is 18.7 Å². The number of aromatic amines is 1. The van der Waals surface area contributed by atoms with Crippen molar-refractivity contribution in [1.82, 2.24) is 19.9 Å². The number of fused-ring (bicyclic) bond motifs is 1. The lowest BCUT2D eigenvalue weighted by atomic mass is 9.96. The van der Waals surface area contributed by atoms with Crippen LogP contribution in [0.1, 0.15) is 47.3 Å².